The van der Waals surface area contributed by atoms with Gasteiger partial charge in [0.1, 0.15) is 5.75 Å². The summed E-state index contributed by atoms with van der Waals surface area (Å²) in [5.74, 6) is 0.909. The van der Waals surface area contributed by atoms with Gasteiger partial charge in [-0.3, -0.25) is 0 Å². The highest BCUT2D eigenvalue weighted by Gasteiger charge is 1.99. The second-order valence-electron chi connectivity index (χ2n) is 5.04. The van der Waals surface area contributed by atoms with E-state index in [2.05, 4.69) is 59.2 Å². The first-order valence-corrected chi connectivity index (χ1v) is 8.31. The van der Waals surface area contributed by atoms with Crippen molar-refractivity contribution in [3.05, 3.63) is 82.6 Å². The van der Waals surface area contributed by atoms with Crippen LogP contribution in [0.2, 0.25) is 0 Å². The van der Waals surface area contributed by atoms with Crippen LogP contribution in [0.4, 0.5) is 5.69 Å². The van der Waals surface area contributed by atoms with E-state index in [1.807, 2.05) is 18.2 Å². The van der Waals surface area contributed by atoms with E-state index >= 15 is 0 Å². The fourth-order valence-electron chi connectivity index (χ4n) is 2.23. The molecule has 0 radical (unpaired) electrons. The second-order valence-corrected chi connectivity index (χ2v) is 6.08. The van der Waals surface area contributed by atoms with Crippen molar-refractivity contribution in [2.75, 3.05) is 11.9 Å². The molecule has 0 bridgehead atoms. The predicted octanol–water partition coefficient (Wildman–Crippen LogP) is 4.98. The number of thiophene rings is 1. The van der Waals surface area contributed by atoms with E-state index in [1.54, 1.807) is 11.3 Å². The summed E-state index contributed by atoms with van der Waals surface area (Å²) in [6.07, 6.45) is 0.924. The molecule has 0 amide bonds. The topological polar surface area (TPSA) is 21.3 Å². The summed E-state index contributed by atoms with van der Waals surface area (Å²) in [7, 11) is 0. The Morgan fingerprint density at radius 2 is 1.82 bits per heavy atom. The van der Waals surface area contributed by atoms with E-state index in [9.17, 15) is 0 Å². The number of hydrogen-bond donors (Lipinski definition) is 1. The Labute approximate surface area is 135 Å². The lowest BCUT2D eigenvalue weighted by Crippen LogP contribution is -2.02. The molecule has 2 aromatic carbocycles. The number of nitrogens with one attached hydrogen (secondary N) is 1. The molecule has 1 aromatic heterocycles. The zero-order chi connectivity index (χ0) is 15.0. The molecular formula is C19H19NOS. The number of rotatable bonds is 7. The fraction of sp³-hybridized carbons (Fsp3) is 0.158. The summed E-state index contributed by atoms with van der Waals surface area (Å²) in [5.41, 5.74) is 2.39. The minimum Gasteiger partial charge on any atom is -0.493 e. The minimum absolute atomic E-state index is 0.693. The molecule has 0 saturated carbocycles. The van der Waals surface area contributed by atoms with Crippen molar-refractivity contribution in [3.63, 3.8) is 0 Å². The molecule has 22 heavy (non-hydrogen) atoms. The van der Waals surface area contributed by atoms with Crippen molar-refractivity contribution in [2.24, 2.45) is 0 Å². The van der Waals surface area contributed by atoms with Gasteiger partial charge in [0.15, 0.2) is 0 Å². The lowest BCUT2D eigenvalue weighted by molar-refractivity contribution is 0.322. The fourth-order valence-corrected chi connectivity index (χ4v) is 2.87. The third-order valence-corrected chi connectivity index (χ3v) is 4.26. The van der Waals surface area contributed by atoms with Gasteiger partial charge < -0.3 is 10.1 Å². The third kappa shape index (κ3) is 4.37. The smallest absolute Gasteiger partial charge is 0.121 e. The third-order valence-electron chi connectivity index (χ3n) is 3.38. The van der Waals surface area contributed by atoms with Crippen LogP contribution in [0.3, 0.4) is 0 Å². The molecule has 0 unspecified atom stereocenters. The lowest BCUT2D eigenvalue weighted by atomic mass is 10.2. The summed E-state index contributed by atoms with van der Waals surface area (Å²) in [5, 5.41) is 5.52. The number of ether oxygens (including phenoxy) is 1. The molecule has 1 N–H and O–H groups in total. The Morgan fingerprint density at radius 3 is 2.64 bits per heavy atom. The van der Waals surface area contributed by atoms with Crippen LogP contribution >= 0.6 is 11.3 Å². The molecule has 1 heterocycles. The molecule has 112 valence electrons. The first-order chi connectivity index (χ1) is 10.9. The molecule has 0 atom stereocenters. The van der Waals surface area contributed by atoms with E-state index in [1.165, 1.54) is 10.4 Å². The maximum atomic E-state index is 5.85. The van der Waals surface area contributed by atoms with Gasteiger partial charge in [0.05, 0.1) is 6.61 Å². The summed E-state index contributed by atoms with van der Waals surface area (Å²) in [6.45, 7) is 1.55. The number of benzene rings is 2. The molecule has 0 aliphatic heterocycles. The molecule has 0 aliphatic rings. The van der Waals surface area contributed by atoms with Crippen LogP contribution in [0, 0.1) is 0 Å². The molecule has 3 aromatic rings. The van der Waals surface area contributed by atoms with Gasteiger partial charge in [-0.25, -0.2) is 0 Å². The Hall–Kier alpha value is -2.26. The SMILES string of the molecule is c1ccc(CCOc2cccc(NCc3cccs3)c2)cc1. The predicted molar refractivity (Wildman–Crippen MR) is 93.7 cm³/mol. The summed E-state index contributed by atoms with van der Waals surface area (Å²) in [6, 6.07) is 22.8. The van der Waals surface area contributed by atoms with Crippen molar-refractivity contribution in [1.82, 2.24) is 0 Å². The van der Waals surface area contributed by atoms with E-state index < -0.39 is 0 Å². The molecular weight excluding hydrogens is 290 g/mol. The van der Waals surface area contributed by atoms with Crippen molar-refractivity contribution in [2.45, 2.75) is 13.0 Å². The van der Waals surface area contributed by atoms with Crippen molar-refractivity contribution in [1.29, 1.82) is 0 Å². The summed E-state index contributed by atoms with van der Waals surface area (Å²) < 4.78 is 5.85. The van der Waals surface area contributed by atoms with Crippen LogP contribution in [-0.2, 0) is 13.0 Å². The van der Waals surface area contributed by atoms with Crippen molar-refractivity contribution < 1.29 is 4.74 Å². The molecule has 0 spiro atoms. The normalized spacial score (nSPS) is 10.4. The van der Waals surface area contributed by atoms with E-state index in [0.29, 0.717) is 6.61 Å². The van der Waals surface area contributed by atoms with Crippen LogP contribution in [0.25, 0.3) is 0 Å². The standard InChI is InChI=1S/C19H19NOS/c1-2-6-16(7-3-1)11-12-21-18-9-4-8-17(14-18)20-15-19-10-5-13-22-19/h1-10,13-14,20H,11-12,15H2. The van der Waals surface area contributed by atoms with Gasteiger partial charge in [-0.1, -0.05) is 42.5 Å². The van der Waals surface area contributed by atoms with Crippen LogP contribution in [-0.4, -0.2) is 6.61 Å². The maximum Gasteiger partial charge on any atom is 0.121 e. The lowest BCUT2D eigenvalue weighted by Gasteiger charge is -2.09. The average Bonchev–Trinajstić information content (AvgIpc) is 3.08. The van der Waals surface area contributed by atoms with Crippen LogP contribution in [0.1, 0.15) is 10.4 Å². The van der Waals surface area contributed by atoms with Crippen LogP contribution < -0.4 is 10.1 Å². The second kappa shape index (κ2) is 7.66. The van der Waals surface area contributed by atoms with Gasteiger partial charge in [0.25, 0.3) is 0 Å². The number of hydrogen-bond acceptors (Lipinski definition) is 3. The Balaban J connectivity index is 1.50. The maximum absolute atomic E-state index is 5.85. The zero-order valence-electron chi connectivity index (χ0n) is 12.4. The van der Waals surface area contributed by atoms with Crippen LogP contribution in [0.15, 0.2) is 72.1 Å². The average molecular weight is 309 g/mol. The quantitative estimate of drug-likeness (QED) is 0.664. The Bertz CT molecular complexity index is 680. The molecule has 3 rings (SSSR count). The molecule has 2 nitrogen and oxygen atoms in total. The highest BCUT2D eigenvalue weighted by atomic mass is 32.1. The number of anilines is 1. The van der Waals surface area contributed by atoms with Crippen LogP contribution in [0.5, 0.6) is 5.75 Å². The monoisotopic (exact) mass is 309 g/mol. The van der Waals surface area contributed by atoms with E-state index in [0.717, 1.165) is 24.4 Å². The first kappa shape index (κ1) is 14.7. The molecule has 0 fully saturated rings. The van der Waals surface area contributed by atoms with Crippen molar-refractivity contribution >= 4 is 17.0 Å². The summed E-state index contributed by atoms with van der Waals surface area (Å²) >= 11 is 1.76. The van der Waals surface area contributed by atoms with Gasteiger partial charge in [0, 0.05) is 29.6 Å². The highest BCUT2D eigenvalue weighted by Crippen LogP contribution is 2.19. The van der Waals surface area contributed by atoms with Gasteiger partial charge in [-0.2, -0.15) is 0 Å². The Morgan fingerprint density at radius 1 is 0.909 bits per heavy atom. The van der Waals surface area contributed by atoms with Crippen molar-refractivity contribution in [3.8, 4) is 5.75 Å². The minimum atomic E-state index is 0.693. The molecule has 0 aliphatic carbocycles. The zero-order valence-corrected chi connectivity index (χ0v) is 13.2. The van der Waals surface area contributed by atoms with Gasteiger partial charge in [0.2, 0.25) is 0 Å². The summed E-state index contributed by atoms with van der Waals surface area (Å²) in [4.78, 5) is 1.33. The molecule has 3 heteroatoms. The largest absolute Gasteiger partial charge is 0.493 e. The molecule has 0 saturated heterocycles. The van der Waals surface area contributed by atoms with Gasteiger partial charge >= 0.3 is 0 Å². The van der Waals surface area contributed by atoms with Gasteiger partial charge in [-0.05, 0) is 29.1 Å². The van der Waals surface area contributed by atoms with E-state index in [-0.39, 0.29) is 0 Å². The van der Waals surface area contributed by atoms with Gasteiger partial charge in [-0.15, -0.1) is 11.3 Å². The Kier molecular flexibility index (Phi) is 5.11. The van der Waals surface area contributed by atoms with E-state index in [4.69, 9.17) is 4.74 Å². The first-order valence-electron chi connectivity index (χ1n) is 7.43. The highest BCUT2D eigenvalue weighted by molar-refractivity contribution is 7.09.